The van der Waals surface area contributed by atoms with Gasteiger partial charge in [-0.15, -0.1) is 0 Å². The lowest BCUT2D eigenvalue weighted by Gasteiger charge is -2.25. The molecule has 2 heterocycles. The van der Waals surface area contributed by atoms with Crippen LogP contribution in [0.4, 0.5) is 0 Å². The summed E-state index contributed by atoms with van der Waals surface area (Å²) in [5, 5.41) is 3.97. The van der Waals surface area contributed by atoms with E-state index < -0.39 is 0 Å². The lowest BCUT2D eigenvalue weighted by molar-refractivity contribution is -0.122. The molecule has 1 aromatic heterocycles. The fraction of sp³-hybridized carbons (Fsp3) is 0.381. The maximum absolute atomic E-state index is 11.9. The number of amides is 1. The predicted molar refractivity (Wildman–Crippen MR) is 106 cm³/mol. The van der Waals surface area contributed by atoms with Gasteiger partial charge >= 0.3 is 5.97 Å². The highest BCUT2D eigenvalue weighted by molar-refractivity contribution is 5.90. The van der Waals surface area contributed by atoms with Gasteiger partial charge in [0.25, 0.3) is 5.91 Å². The topological polar surface area (TPSA) is 84.1 Å². The van der Waals surface area contributed by atoms with E-state index >= 15 is 0 Å². The fourth-order valence-electron chi connectivity index (χ4n) is 3.09. The van der Waals surface area contributed by atoms with E-state index in [1.807, 2.05) is 6.07 Å². The maximum Gasteiger partial charge on any atom is 0.338 e. The van der Waals surface area contributed by atoms with Crippen LogP contribution in [0.25, 0.3) is 11.3 Å². The maximum atomic E-state index is 11.9. The molecule has 1 fully saturated rings. The zero-order chi connectivity index (χ0) is 19.8. The molecule has 2 aromatic rings. The average molecular weight is 383 g/mol. The minimum atomic E-state index is -0.346. The van der Waals surface area contributed by atoms with E-state index in [2.05, 4.69) is 15.4 Å². The Balaban J connectivity index is 1.52. The van der Waals surface area contributed by atoms with Crippen LogP contribution < -0.4 is 5.43 Å². The van der Waals surface area contributed by atoms with Gasteiger partial charge in [-0.3, -0.25) is 9.69 Å². The van der Waals surface area contributed by atoms with E-state index in [1.54, 1.807) is 37.3 Å². The van der Waals surface area contributed by atoms with Crippen molar-refractivity contribution < 1.29 is 18.7 Å². The number of ether oxygens (including phenoxy) is 1. The van der Waals surface area contributed by atoms with E-state index in [0.717, 1.165) is 31.5 Å². The number of esters is 1. The van der Waals surface area contributed by atoms with Gasteiger partial charge in [-0.1, -0.05) is 18.6 Å². The second-order valence-electron chi connectivity index (χ2n) is 6.63. The molecular weight excluding hydrogens is 358 g/mol. The van der Waals surface area contributed by atoms with Crippen LogP contribution in [0.3, 0.4) is 0 Å². The van der Waals surface area contributed by atoms with Gasteiger partial charge in [0.2, 0.25) is 0 Å². The number of carbonyl (C=O) groups excluding carboxylic acids is 2. The summed E-state index contributed by atoms with van der Waals surface area (Å²) in [7, 11) is 0. The minimum Gasteiger partial charge on any atom is -0.462 e. The Morgan fingerprint density at radius 1 is 1.14 bits per heavy atom. The molecule has 3 rings (SSSR count). The first-order valence-electron chi connectivity index (χ1n) is 9.57. The van der Waals surface area contributed by atoms with Crippen LogP contribution in [-0.2, 0) is 9.53 Å². The molecule has 1 aliphatic heterocycles. The molecule has 0 bridgehead atoms. The molecule has 148 valence electrons. The largest absolute Gasteiger partial charge is 0.462 e. The summed E-state index contributed by atoms with van der Waals surface area (Å²) in [5.74, 6) is 0.709. The molecule has 1 aromatic carbocycles. The van der Waals surface area contributed by atoms with Crippen LogP contribution in [-0.4, -0.2) is 49.2 Å². The monoisotopic (exact) mass is 383 g/mol. The second-order valence-corrected chi connectivity index (χ2v) is 6.63. The highest BCUT2D eigenvalue weighted by atomic mass is 16.5. The van der Waals surface area contributed by atoms with Crippen molar-refractivity contribution in [1.29, 1.82) is 0 Å². The van der Waals surface area contributed by atoms with Crippen molar-refractivity contribution in [2.24, 2.45) is 5.10 Å². The molecule has 1 saturated heterocycles. The van der Waals surface area contributed by atoms with Crippen LogP contribution in [0.2, 0.25) is 0 Å². The fourth-order valence-corrected chi connectivity index (χ4v) is 3.09. The van der Waals surface area contributed by atoms with E-state index in [1.165, 1.54) is 12.6 Å². The van der Waals surface area contributed by atoms with Crippen LogP contribution in [0.5, 0.6) is 0 Å². The first-order chi connectivity index (χ1) is 13.7. The normalized spacial score (nSPS) is 14.9. The highest BCUT2D eigenvalue weighted by Gasteiger charge is 2.13. The van der Waals surface area contributed by atoms with Crippen LogP contribution in [0, 0.1) is 0 Å². The van der Waals surface area contributed by atoms with Gasteiger partial charge in [0.05, 0.1) is 24.9 Å². The number of piperidine rings is 1. The molecule has 1 aliphatic rings. The zero-order valence-electron chi connectivity index (χ0n) is 16.0. The van der Waals surface area contributed by atoms with E-state index in [-0.39, 0.29) is 11.9 Å². The Morgan fingerprint density at radius 2 is 1.89 bits per heavy atom. The van der Waals surface area contributed by atoms with Crippen molar-refractivity contribution in [3.8, 4) is 11.3 Å². The zero-order valence-corrected chi connectivity index (χ0v) is 16.0. The van der Waals surface area contributed by atoms with Gasteiger partial charge in [-0.2, -0.15) is 5.10 Å². The molecule has 1 N–H and O–H groups in total. The third-order valence-corrected chi connectivity index (χ3v) is 4.50. The summed E-state index contributed by atoms with van der Waals surface area (Å²) in [4.78, 5) is 25.8. The number of likely N-dealkylation sites (tertiary alicyclic amines) is 1. The lowest BCUT2D eigenvalue weighted by atomic mass is 10.1. The van der Waals surface area contributed by atoms with Crippen molar-refractivity contribution >= 4 is 18.1 Å². The number of benzene rings is 1. The van der Waals surface area contributed by atoms with E-state index in [0.29, 0.717) is 30.2 Å². The van der Waals surface area contributed by atoms with E-state index in [9.17, 15) is 9.59 Å². The predicted octanol–water partition coefficient (Wildman–Crippen LogP) is 3.06. The van der Waals surface area contributed by atoms with Crippen molar-refractivity contribution in [1.82, 2.24) is 10.3 Å². The number of carbonyl (C=O) groups is 2. The number of hydrogen-bond donors (Lipinski definition) is 1. The number of nitrogens with zero attached hydrogens (tertiary/aromatic N) is 2. The van der Waals surface area contributed by atoms with Gasteiger partial charge in [-0.05, 0) is 57.1 Å². The average Bonchev–Trinajstić information content (AvgIpc) is 3.18. The number of hydrazone groups is 1. The number of nitrogens with one attached hydrogen (secondary N) is 1. The van der Waals surface area contributed by atoms with Gasteiger partial charge in [0.1, 0.15) is 11.5 Å². The Morgan fingerprint density at radius 3 is 2.61 bits per heavy atom. The Kier molecular flexibility index (Phi) is 6.97. The molecule has 0 radical (unpaired) electrons. The Labute approximate surface area is 164 Å². The molecule has 0 atom stereocenters. The minimum absolute atomic E-state index is 0.125. The molecule has 0 aliphatic carbocycles. The van der Waals surface area contributed by atoms with Crippen molar-refractivity contribution in [3.05, 3.63) is 47.7 Å². The highest BCUT2D eigenvalue weighted by Crippen LogP contribution is 2.22. The van der Waals surface area contributed by atoms with Crippen molar-refractivity contribution in [2.75, 3.05) is 26.2 Å². The standard InChI is InChI=1S/C21H25N3O4/c1-2-27-21(26)17-8-6-16(7-9-17)19-11-10-18(28-19)14-22-23-20(25)15-24-12-4-3-5-13-24/h6-11,14H,2-5,12-13,15H2,1H3,(H,23,25)/b22-14+. The molecule has 7 heteroatoms. The van der Waals surface area contributed by atoms with Crippen molar-refractivity contribution in [3.63, 3.8) is 0 Å². The van der Waals surface area contributed by atoms with Gasteiger partial charge in [-0.25, -0.2) is 10.2 Å². The summed E-state index contributed by atoms with van der Waals surface area (Å²) >= 11 is 0. The molecule has 7 nitrogen and oxygen atoms in total. The van der Waals surface area contributed by atoms with Gasteiger partial charge in [0, 0.05) is 5.56 Å². The molecule has 28 heavy (non-hydrogen) atoms. The second kappa shape index (κ2) is 9.85. The molecule has 0 saturated carbocycles. The van der Waals surface area contributed by atoms with E-state index in [4.69, 9.17) is 9.15 Å². The number of hydrogen-bond acceptors (Lipinski definition) is 6. The molecule has 0 unspecified atom stereocenters. The lowest BCUT2D eigenvalue weighted by Crippen LogP contribution is -2.38. The summed E-state index contributed by atoms with van der Waals surface area (Å²) in [6, 6.07) is 10.6. The van der Waals surface area contributed by atoms with Crippen molar-refractivity contribution in [2.45, 2.75) is 26.2 Å². The summed E-state index contributed by atoms with van der Waals surface area (Å²) in [6.45, 7) is 4.42. The third-order valence-electron chi connectivity index (χ3n) is 4.50. The van der Waals surface area contributed by atoms with Gasteiger partial charge < -0.3 is 9.15 Å². The third kappa shape index (κ3) is 5.53. The van der Waals surface area contributed by atoms with Crippen LogP contribution in [0.15, 0.2) is 45.9 Å². The van der Waals surface area contributed by atoms with Gasteiger partial charge in [0.15, 0.2) is 0 Å². The molecule has 0 spiro atoms. The molecular formula is C21H25N3O4. The quantitative estimate of drug-likeness (QED) is 0.451. The Bertz CT molecular complexity index is 820. The van der Waals surface area contributed by atoms with Crippen LogP contribution >= 0.6 is 0 Å². The van der Waals surface area contributed by atoms with Crippen LogP contribution in [0.1, 0.15) is 42.3 Å². The number of rotatable bonds is 7. The summed E-state index contributed by atoms with van der Waals surface area (Å²) in [6.07, 6.45) is 5.01. The Hall–Kier alpha value is -2.93. The SMILES string of the molecule is CCOC(=O)c1ccc(-c2ccc(/C=N/NC(=O)CN3CCCCC3)o2)cc1. The smallest absolute Gasteiger partial charge is 0.338 e. The summed E-state index contributed by atoms with van der Waals surface area (Å²) in [5.41, 5.74) is 3.87. The molecule has 1 amide bonds. The number of furan rings is 1. The first-order valence-corrected chi connectivity index (χ1v) is 9.57. The summed E-state index contributed by atoms with van der Waals surface area (Å²) < 4.78 is 10.7. The first kappa shape index (κ1) is 19.8.